The second kappa shape index (κ2) is 5.18. The maximum Gasteiger partial charge on any atom is 0.263 e. The number of benzene rings is 1. The Bertz CT molecular complexity index is 640. The molecular formula is C14H19N3O2S. The van der Waals surface area contributed by atoms with Gasteiger partial charge in [-0.15, -0.1) is 0 Å². The van der Waals surface area contributed by atoms with E-state index in [4.69, 9.17) is 5.73 Å². The van der Waals surface area contributed by atoms with E-state index >= 15 is 0 Å². The minimum absolute atomic E-state index is 0.182. The number of sulfonamides is 1. The van der Waals surface area contributed by atoms with Crippen LogP contribution in [0, 0.1) is 5.92 Å². The number of amidine groups is 1. The molecular weight excluding hydrogens is 274 g/mol. The van der Waals surface area contributed by atoms with Gasteiger partial charge in [0.05, 0.1) is 4.90 Å². The summed E-state index contributed by atoms with van der Waals surface area (Å²) in [6.07, 6.45) is 4.49. The van der Waals surface area contributed by atoms with Crippen LogP contribution in [0.2, 0.25) is 0 Å². The fraction of sp³-hybridized carbons (Fsp3) is 0.500. The molecule has 5 nitrogen and oxygen atoms in total. The van der Waals surface area contributed by atoms with Crippen molar-refractivity contribution in [3.05, 3.63) is 29.8 Å². The van der Waals surface area contributed by atoms with Crippen LogP contribution in [0.3, 0.4) is 0 Å². The first-order valence-electron chi connectivity index (χ1n) is 7.00. The zero-order chi connectivity index (χ0) is 14.2. The lowest BCUT2D eigenvalue weighted by atomic mass is 9.85. The zero-order valence-corrected chi connectivity index (χ0v) is 12.1. The van der Waals surface area contributed by atoms with Crippen molar-refractivity contribution in [1.29, 1.82) is 0 Å². The molecule has 1 aromatic rings. The predicted octanol–water partition coefficient (Wildman–Crippen LogP) is 1.24. The molecule has 3 rings (SSSR count). The topological polar surface area (TPSA) is 84.5 Å². The molecule has 1 fully saturated rings. The number of rotatable bonds is 2. The third-order valence-corrected chi connectivity index (χ3v) is 5.51. The Kier molecular flexibility index (Phi) is 3.52. The standard InChI is InChI=1S/C14H19N3O2S/c15-12-7-3-1-5-10(12)9-16-14-11-6-2-4-8-13(11)20(18,19)17-14/h2,4,6,8,10,12H,1,3,5,7,9,15H2,(H,16,17). The van der Waals surface area contributed by atoms with Crippen molar-refractivity contribution in [3.8, 4) is 0 Å². The Morgan fingerprint density at radius 1 is 1.25 bits per heavy atom. The highest BCUT2D eigenvalue weighted by molar-refractivity contribution is 7.90. The Morgan fingerprint density at radius 3 is 2.80 bits per heavy atom. The molecule has 2 atom stereocenters. The van der Waals surface area contributed by atoms with Crippen molar-refractivity contribution in [3.63, 3.8) is 0 Å². The largest absolute Gasteiger partial charge is 0.327 e. The van der Waals surface area contributed by atoms with Crippen LogP contribution in [0.4, 0.5) is 0 Å². The Labute approximate surface area is 119 Å². The van der Waals surface area contributed by atoms with E-state index in [2.05, 4.69) is 9.71 Å². The highest BCUT2D eigenvalue weighted by Gasteiger charge is 2.30. The summed E-state index contributed by atoms with van der Waals surface area (Å²) in [5.74, 6) is 0.812. The smallest absolute Gasteiger partial charge is 0.263 e. The van der Waals surface area contributed by atoms with Gasteiger partial charge in [0.1, 0.15) is 5.84 Å². The first kappa shape index (κ1) is 13.6. The lowest BCUT2D eigenvalue weighted by Crippen LogP contribution is -2.35. The number of nitrogens with two attached hydrogens (primary N) is 1. The van der Waals surface area contributed by atoms with Crippen molar-refractivity contribution in [2.45, 2.75) is 36.6 Å². The maximum absolute atomic E-state index is 12.0. The van der Waals surface area contributed by atoms with E-state index in [9.17, 15) is 8.42 Å². The van der Waals surface area contributed by atoms with E-state index in [0.717, 1.165) is 12.8 Å². The molecule has 0 amide bonds. The van der Waals surface area contributed by atoms with Crippen LogP contribution in [0.25, 0.3) is 0 Å². The second-order valence-electron chi connectivity index (χ2n) is 5.50. The third-order valence-electron chi connectivity index (χ3n) is 4.11. The molecule has 2 unspecified atom stereocenters. The SMILES string of the molecule is NC1CCCCC1CN=C1NS(=O)(=O)c2ccccc21. The molecule has 1 aliphatic carbocycles. The number of aliphatic imine (C=N–C) groups is 1. The molecule has 0 aromatic heterocycles. The minimum atomic E-state index is -3.43. The molecule has 3 N–H and O–H groups in total. The quantitative estimate of drug-likeness (QED) is 0.860. The number of fused-ring (bicyclic) bond motifs is 1. The van der Waals surface area contributed by atoms with Crippen LogP contribution in [0.5, 0.6) is 0 Å². The molecule has 1 saturated carbocycles. The zero-order valence-electron chi connectivity index (χ0n) is 11.2. The summed E-state index contributed by atoms with van der Waals surface area (Å²) in [6.45, 7) is 0.591. The summed E-state index contributed by atoms with van der Waals surface area (Å²) < 4.78 is 26.5. The molecule has 1 aliphatic heterocycles. The number of hydrogen-bond donors (Lipinski definition) is 2. The van der Waals surface area contributed by atoms with E-state index in [-0.39, 0.29) is 6.04 Å². The summed E-state index contributed by atoms with van der Waals surface area (Å²) in [6, 6.07) is 7.11. The highest BCUT2D eigenvalue weighted by atomic mass is 32.2. The van der Waals surface area contributed by atoms with Crippen LogP contribution >= 0.6 is 0 Å². The van der Waals surface area contributed by atoms with Gasteiger partial charge in [0.2, 0.25) is 0 Å². The van der Waals surface area contributed by atoms with E-state index in [0.29, 0.717) is 28.8 Å². The van der Waals surface area contributed by atoms with Gasteiger partial charge in [0.25, 0.3) is 10.0 Å². The Morgan fingerprint density at radius 2 is 2.00 bits per heavy atom. The summed E-state index contributed by atoms with van der Waals surface area (Å²) >= 11 is 0. The van der Waals surface area contributed by atoms with Crippen molar-refractivity contribution >= 4 is 15.9 Å². The van der Waals surface area contributed by atoms with Gasteiger partial charge >= 0.3 is 0 Å². The lowest BCUT2D eigenvalue weighted by Gasteiger charge is -2.27. The van der Waals surface area contributed by atoms with Crippen LogP contribution in [-0.2, 0) is 10.0 Å². The molecule has 20 heavy (non-hydrogen) atoms. The average molecular weight is 293 g/mol. The van der Waals surface area contributed by atoms with E-state index in [1.807, 2.05) is 6.07 Å². The summed E-state index contributed by atoms with van der Waals surface area (Å²) in [7, 11) is -3.43. The van der Waals surface area contributed by atoms with Gasteiger partial charge in [-0.05, 0) is 30.9 Å². The predicted molar refractivity (Wildman–Crippen MR) is 78.1 cm³/mol. The molecule has 0 spiro atoms. The minimum Gasteiger partial charge on any atom is -0.327 e. The number of nitrogens with zero attached hydrogens (tertiary/aromatic N) is 1. The van der Waals surface area contributed by atoms with Gasteiger partial charge in [-0.1, -0.05) is 25.0 Å². The molecule has 108 valence electrons. The van der Waals surface area contributed by atoms with Crippen LogP contribution in [0.1, 0.15) is 31.2 Å². The molecule has 6 heteroatoms. The molecule has 0 saturated heterocycles. The van der Waals surface area contributed by atoms with Gasteiger partial charge in [0.15, 0.2) is 0 Å². The van der Waals surface area contributed by atoms with Gasteiger partial charge < -0.3 is 5.73 Å². The number of hydrogen-bond acceptors (Lipinski definition) is 4. The lowest BCUT2D eigenvalue weighted by molar-refractivity contribution is 0.316. The monoisotopic (exact) mass is 293 g/mol. The van der Waals surface area contributed by atoms with Crippen LogP contribution in [-0.4, -0.2) is 26.8 Å². The summed E-state index contributed by atoms with van der Waals surface area (Å²) in [4.78, 5) is 4.79. The highest BCUT2D eigenvalue weighted by Crippen LogP contribution is 2.25. The van der Waals surface area contributed by atoms with E-state index in [1.165, 1.54) is 12.8 Å². The second-order valence-corrected chi connectivity index (χ2v) is 7.15. The molecule has 0 radical (unpaired) electrons. The third kappa shape index (κ3) is 2.45. The summed E-state index contributed by atoms with van der Waals surface area (Å²) in [5.41, 5.74) is 6.77. The van der Waals surface area contributed by atoms with Crippen molar-refractivity contribution in [2.24, 2.45) is 16.6 Å². The van der Waals surface area contributed by atoms with Gasteiger partial charge in [0, 0.05) is 18.2 Å². The average Bonchev–Trinajstić information content (AvgIpc) is 2.70. The molecule has 1 aromatic carbocycles. The fourth-order valence-corrected chi connectivity index (χ4v) is 4.17. The summed E-state index contributed by atoms with van der Waals surface area (Å²) in [5, 5.41) is 0. The number of nitrogens with one attached hydrogen (secondary N) is 1. The maximum atomic E-state index is 12.0. The van der Waals surface area contributed by atoms with Crippen molar-refractivity contribution in [2.75, 3.05) is 6.54 Å². The van der Waals surface area contributed by atoms with Gasteiger partial charge in [-0.3, -0.25) is 9.71 Å². The normalized spacial score (nSPS) is 29.9. The molecule has 1 heterocycles. The van der Waals surface area contributed by atoms with Crippen molar-refractivity contribution in [1.82, 2.24) is 4.72 Å². The fourth-order valence-electron chi connectivity index (χ4n) is 2.92. The van der Waals surface area contributed by atoms with Gasteiger partial charge in [-0.25, -0.2) is 8.42 Å². The first-order chi connectivity index (χ1) is 9.58. The van der Waals surface area contributed by atoms with Crippen molar-refractivity contribution < 1.29 is 8.42 Å². The first-order valence-corrected chi connectivity index (χ1v) is 8.48. The van der Waals surface area contributed by atoms with E-state index < -0.39 is 10.0 Å². The van der Waals surface area contributed by atoms with Crippen LogP contribution < -0.4 is 10.5 Å². The Hall–Kier alpha value is -1.40. The van der Waals surface area contributed by atoms with Crippen LogP contribution in [0.15, 0.2) is 34.2 Å². The Balaban J connectivity index is 1.83. The molecule has 0 bridgehead atoms. The van der Waals surface area contributed by atoms with Gasteiger partial charge in [-0.2, -0.15) is 0 Å². The molecule has 2 aliphatic rings. The van der Waals surface area contributed by atoms with E-state index in [1.54, 1.807) is 18.2 Å².